The van der Waals surface area contributed by atoms with E-state index in [1.54, 1.807) is 14.2 Å². The molecule has 0 aliphatic carbocycles. The zero-order valence-electron chi connectivity index (χ0n) is 13.7. The van der Waals surface area contributed by atoms with Gasteiger partial charge in [-0.15, -0.1) is 0 Å². The van der Waals surface area contributed by atoms with E-state index in [0.29, 0.717) is 28.1 Å². The number of H-pyrrole nitrogens is 2. The van der Waals surface area contributed by atoms with Crippen LogP contribution in [0.4, 0.5) is 16.0 Å². The molecule has 132 valence electrons. The Bertz CT molecular complexity index is 1140. The van der Waals surface area contributed by atoms with Crippen LogP contribution < -0.4 is 19.8 Å². The fraction of sp³-hybridized carbons (Fsp3) is 0.133. The molecule has 0 atom stereocenters. The molecule has 4 aromatic rings. The van der Waals surface area contributed by atoms with Gasteiger partial charge in [-0.1, -0.05) is 0 Å². The van der Waals surface area contributed by atoms with Crippen molar-refractivity contribution in [3.63, 3.8) is 0 Å². The van der Waals surface area contributed by atoms with Crippen molar-refractivity contribution in [2.45, 2.75) is 0 Å². The maximum absolute atomic E-state index is 10.9. The Hall–Kier alpha value is -3.47. The van der Waals surface area contributed by atoms with Gasteiger partial charge >= 0.3 is 10.1 Å². The number of aromatic amines is 2. The molecule has 0 bridgehead atoms. The number of methoxy groups -OCH3 is 2. The number of aromatic nitrogens is 4. The first-order valence-electron chi connectivity index (χ1n) is 7.42. The van der Waals surface area contributed by atoms with Crippen molar-refractivity contribution >= 4 is 49.2 Å². The lowest BCUT2D eigenvalue weighted by Crippen LogP contribution is -2.04. The number of nitrogens with one attached hydrogen (secondary N) is 3. The quantitative estimate of drug-likeness (QED) is 0.406. The molecule has 0 unspecified atom stereocenters. The van der Waals surface area contributed by atoms with Gasteiger partial charge in [0.1, 0.15) is 12.0 Å². The number of thiazole rings is 1. The average molecular weight is 373 g/mol. The second-order valence-corrected chi connectivity index (χ2v) is 6.29. The van der Waals surface area contributed by atoms with Crippen molar-refractivity contribution in [2.24, 2.45) is 0 Å². The Morgan fingerprint density at radius 3 is 2.73 bits per heavy atom. The second kappa shape index (κ2) is 6.11. The summed E-state index contributed by atoms with van der Waals surface area (Å²) in [5.74, 6) is 1.69. The number of hydrogen-bond donors (Lipinski definition) is 2. The molecule has 0 spiro atoms. The molecule has 3 heterocycles. The molecule has 4 rings (SSSR count). The van der Waals surface area contributed by atoms with E-state index in [0.717, 1.165) is 27.6 Å². The molecule has 0 radical (unpaired) electrons. The normalized spacial score (nSPS) is 11.0. The Morgan fingerprint density at radius 2 is 2.04 bits per heavy atom. The molecule has 1 aromatic carbocycles. The van der Waals surface area contributed by atoms with Gasteiger partial charge in [-0.3, -0.25) is 10.1 Å². The molecule has 0 amide bonds. The summed E-state index contributed by atoms with van der Waals surface area (Å²) in [7, 11) is 3.13. The zero-order chi connectivity index (χ0) is 18.3. The standard InChI is InChI=1S/C15H12N6O4S/c1-24-9-3-7-8(4-10(9)25-2)19-13-12(7)14(18-6-17-13)20-15-16-5-11(26-15)21(22)23/h3-6H,1-2H3,(H2,16,17,18,19,20)/p+1. The highest BCUT2D eigenvalue weighted by molar-refractivity contribution is 7.18. The molecule has 0 fully saturated rings. The van der Waals surface area contributed by atoms with Crippen LogP contribution in [0.25, 0.3) is 21.9 Å². The Labute approximate surface area is 150 Å². The summed E-state index contributed by atoms with van der Waals surface area (Å²) in [6.07, 6.45) is 2.74. The van der Waals surface area contributed by atoms with Crippen molar-refractivity contribution in [3.8, 4) is 11.5 Å². The monoisotopic (exact) mass is 373 g/mol. The third-order valence-electron chi connectivity index (χ3n) is 3.84. The third kappa shape index (κ3) is 2.54. The Morgan fingerprint density at radius 1 is 1.27 bits per heavy atom. The first-order chi connectivity index (χ1) is 12.6. The summed E-state index contributed by atoms with van der Waals surface area (Å²) in [6, 6.07) is 3.66. The minimum absolute atomic E-state index is 0.00290. The predicted octanol–water partition coefficient (Wildman–Crippen LogP) is 2.66. The fourth-order valence-electron chi connectivity index (χ4n) is 2.70. The van der Waals surface area contributed by atoms with Crippen molar-refractivity contribution in [1.82, 2.24) is 15.0 Å². The first-order valence-corrected chi connectivity index (χ1v) is 8.23. The summed E-state index contributed by atoms with van der Waals surface area (Å²) in [6.45, 7) is 0. The maximum Gasteiger partial charge on any atom is 0.370 e. The lowest BCUT2D eigenvalue weighted by Gasteiger charge is -2.07. The highest BCUT2D eigenvalue weighted by atomic mass is 32.1. The number of rotatable bonds is 5. The molecule has 0 saturated heterocycles. The number of anilines is 2. The smallest absolute Gasteiger partial charge is 0.370 e. The minimum Gasteiger partial charge on any atom is -0.493 e. The van der Waals surface area contributed by atoms with Crippen LogP contribution >= 0.6 is 11.3 Å². The molecule has 3 aromatic heterocycles. The van der Waals surface area contributed by atoms with E-state index in [1.807, 2.05) is 12.1 Å². The topological polar surface area (TPSA) is 129 Å². The van der Waals surface area contributed by atoms with Crippen LogP contribution in [0, 0.1) is 10.1 Å². The number of fused-ring (bicyclic) bond motifs is 3. The van der Waals surface area contributed by atoms with Gasteiger partial charge < -0.3 is 14.5 Å². The van der Waals surface area contributed by atoms with Gasteiger partial charge in [-0.2, -0.15) is 4.98 Å². The molecule has 26 heavy (non-hydrogen) atoms. The van der Waals surface area contributed by atoms with Crippen molar-refractivity contribution in [1.29, 1.82) is 0 Å². The molecular weight excluding hydrogens is 360 g/mol. The van der Waals surface area contributed by atoms with E-state index in [4.69, 9.17) is 9.47 Å². The van der Waals surface area contributed by atoms with Gasteiger partial charge in [-0.05, 0) is 6.07 Å². The predicted molar refractivity (Wildman–Crippen MR) is 95.3 cm³/mol. The van der Waals surface area contributed by atoms with E-state index in [-0.39, 0.29) is 5.00 Å². The first kappa shape index (κ1) is 16.0. The second-order valence-electron chi connectivity index (χ2n) is 5.26. The molecule has 0 aliphatic heterocycles. The fourth-order valence-corrected chi connectivity index (χ4v) is 3.36. The number of benzene rings is 1. The summed E-state index contributed by atoms with van der Waals surface area (Å²) in [5, 5.41) is 16.0. The van der Waals surface area contributed by atoms with Crippen LogP contribution in [0.2, 0.25) is 0 Å². The van der Waals surface area contributed by atoms with Gasteiger partial charge in [0.15, 0.2) is 17.7 Å². The van der Waals surface area contributed by atoms with E-state index < -0.39 is 4.92 Å². The molecule has 10 nitrogen and oxygen atoms in total. The van der Waals surface area contributed by atoms with E-state index in [9.17, 15) is 10.1 Å². The number of nitro groups is 1. The average Bonchev–Trinajstić information content (AvgIpc) is 3.25. The van der Waals surface area contributed by atoms with Gasteiger partial charge in [-0.25, -0.2) is 15.3 Å². The summed E-state index contributed by atoms with van der Waals surface area (Å²) >= 11 is 0.985. The SMILES string of the molecule is COc1cc2[nH]c3ncnc(Nc4[nH+]cc([N+](=O)[O-])s4)c3c2cc1OC. The molecule has 0 aliphatic rings. The van der Waals surface area contributed by atoms with Gasteiger partial charge in [0, 0.05) is 22.8 Å². The van der Waals surface area contributed by atoms with Crippen molar-refractivity contribution in [3.05, 3.63) is 34.8 Å². The number of nitrogens with zero attached hydrogens (tertiary/aromatic N) is 3. The lowest BCUT2D eigenvalue weighted by atomic mass is 10.2. The number of ether oxygens (including phenoxy) is 2. The van der Waals surface area contributed by atoms with Crippen molar-refractivity contribution in [2.75, 3.05) is 19.5 Å². The minimum atomic E-state index is -0.454. The van der Waals surface area contributed by atoms with Crippen LogP contribution in [0.1, 0.15) is 0 Å². The highest BCUT2D eigenvalue weighted by Crippen LogP contribution is 2.38. The van der Waals surface area contributed by atoms with Crippen LogP contribution in [-0.2, 0) is 0 Å². The maximum atomic E-state index is 10.9. The van der Waals surface area contributed by atoms with Gasteiger partial charge in [0.05, 0.1) is 30.0 Å². The van der Waals surface area contributed by atoms with Crippen LogP contribution in [0.3, 0.4) is 0 Å². The van der Waals surface area contributed by atoms with Crippen LogP contribution in [0.5, 0.6) is 11.5 Å². The Kier molecular flexibility index (Phi) is 3.77. The van der Waals surface area contributed by atoms with Crippen LogP contribution in [0.15, 0.2) is 24.7 Å². The summed E-state index contributed by atoms with van der Waals surface area (Å²) in [5.41, 5.74) is 1.43. The third-order valence-corrected chi connectivity index (χ3v) is 4.74. The number of hydrogen-bond acceptors (Lipinski definition) is 8. The zero-order valence-corrected chi connectivity index (χ0v) is 14.5. The van der Waals surface area contributed by atoms with E-state index in [2.05, 4.69) is 25.3 Å². The van der Waals surface area contributed by atoms with Gasteiger partial charge in [0.25, 0.3) is 0 Å². The Balaban J connectivity index is 1.87. The molecule has 0 saturated carbocycles. The summed E-state index contributed by atoms with van der Waals surface area (Å²) < 4.78 is 10.7. The molecular formula is C15H13N6O4S+. The van der Waals surface area contributed by atoms with E-state index in [1.165, 1.54) is 12.5 Å². The largest absolute Gasteiger partial charge is 0.493 e. The highest BCUT2D eigenvalue weighted by Gasteiger charge is 2.21. The molecule has 11 heteroatoms. The lowest BCUT2D eigenvalue weighted by molar-refractivity contribution is -0.402. The van der Waals surface area contributed by atoms with Crippen molar-refractivity contribution < 1.29 is 19.4 Å². The molecule has 3 N–H and O–H groups in total. The summed E-state index contributed by atoms with van der Waals surface area (Å²) in [4.78, 5) is 25.0. The van der Waals surface area contributed by atoms with Crippen LogP contribution in [-0.4, -0.2) is 34.1 Å². The van der Waals surface area contributed by atoms with Gasteiger partial charge in [0.2, 0.25) is 5.82 Å². The van der Waals surface area contributed by atoms with E-state index >= 15 is 0 Å².